The molecule has 0 aliphatic carbocycles. The van der Waals surface area contributed by atoms with Gasteiger partial charge in [0.05, 0.1) is 0 Å². The summed E-state index contributed by atoms with van der Waals surface area (Å²) in [6, 6.07) is 5.36. The average Bonchev–Trinajstić information content (AvgIpc) is 1.96. The molecule has 12 heavy (non-hydrogen) atoms. The predicted molar refractivity (Wildman–Crippen MR) is 58.1 cm³/mol. The zero-order chi connectivity index (χ0) is 9.14. The fourth-order valence-electron chi connectivity index (χ4n) is 0.896. The molecule has 0 amide bonds. The molecule has 0 aromatic heterocycles. The van der Waals surface area contributed by atoms with Gasteiger partial charge in [-0.2, -0.15) is 0 Å². The van der Waals surface area contributed by atoms with E-state index in [2.05, 4.69) is 22.6 Å². The zero-order valence-corrected chi connectivity index (χ0v) is 9.08. The molecule has 2 nitrogen and oxygen atoms in total. The summed E-state index contributed by atoms with van der Waals surface area (Å²) in [6.45, 7) is 0. The van der Waals surface area contributed by atoms with E-state index in [9.17, 15) is 0 Å². The van der Waals surface area contributed by atoms with Crippen LogP contribution in [0.15, 0.2) is 18.2 Å². The normalized spacial score (nSPS) is 10.0. The van der Waals surface area contributed by atoms with Crippen molar-refractivity contribution in [1.29, 1.82) is 0 Å². The first-order valence-electron chi connectivity index (χ1n) is 3.39. The maximum absolute atomic E-state index is 8.73. The van der Waals surface area contributed by atoms with Crippen LogP contribution in [0.5, 0.6) is 0 Å². The van der Waals surface area contributed by atoms with Crippen molar-refractivity contribution in [3.63, 3.8) is 0 Å². The second-order valence-electron chi connectivity index (χ2n) is 2.42. The molecule has 64 valence electrons. The van der Waals surface area contributed by atoms with Crippen molar-refractivity contribution in [3.8, 4) is 0 Å². The maximum atomic E-state index is 8.73. The van der Waals surface area contributed by atoms with E-state index in [0.717, 1.165) is 9.13 Å². The summed E-state index contributed by atoms with van der Waals surface area (Å²) < 4.78 is 0.991. The topological polar surface area (TPSA) is 40.5 Å². The van der Waals surface area contributed by atoms with E-state index in [1.54, 1.807) is 12.1 Å². The van der Waals surface area contributed by atoms with Crippen LogP contribution in [0.1, 0.15) is 5.56 Å². The van der Waals surface area contributed by atoms with E-state index in [1.165, 1.54) is 0 Å². The van der Waals surface area contributed by atoms with E-state index in [-0.39, 0.29) is 6.32 Å². The third-order valence-corrected chi connectivity index (χ3v) is 2.70. The van der Waals surface area contributed by atoms with Crippen molar-refractivity contribution >= 4 is 41.3 Å². The Bertz CT molecular complexity index is 280. The van der Waals surface area contributed by atoms with Crippen molar-refractivity contribution in [3.05, 3.63) is 32.4 Å². The zero-order valence-electron chi connectivity index (χ0n) is 6.17. The molecule has 0 bridgehead atoms. The van der Waals surface area contributed by atoms with Crippen molar-refractivity contribution in [1.82, 2.24) is 0 Å². The van der Waals surface area contributed by atoms with Crippen LogP contribution in [-0.4, -0.2) is 17.2 Å². The van der Waals surface area contributed by atoms with Crippen molar-refractivity contribution < 1.29 is 10.0 Å². The molecule has 0 saturated carbocycles. The monoisotopic (exact) mass is 296 g/mol. The number of hydrogen-bond acceptors (Lipinski definition) is 2. The largest absolute Gasteiger partial charge is 0.456 e. The van der Waals surface area contributed by atoms with Crippen LogP contribution in [0.3, 0.4) is 0 Å². The van der Waals surface area contributed by atoms with Crippen LogP contribution in [0.25, 0.3) is 0 Å². The van der Waals surface area contributed by atoms with Gasteiger partial charge in [-0.05, 0) is 46.4 Å². The Hall–Kier alpha value is 0.225. The van der Waals surface area contributed by atoms with E-state index in [0.29, 0.717) is 5.02 Å². The molecule has 1 aromatic rings. The Balaban J connectivity index is 2.90. The lowest BCUT2D eigenvalue weighted by Gasteiger charge is -2.03. The molecule has 0 spiro atoms. The predicted octanol–water partition coefficient (Wildman–Crippen LogP) is 1.50. The third kappa shape index (κ3) is 2.93. The molecule has 1 rings (SSSR count). The fourth-order valence-corrected chi connectivity index (χ4v) is 1.65. The highest BCUT2D eigenvalue weighted by molar-refractivity contribution is 14.1. The summed E-state index contributed by atoms with van der Waals surface area (Å²) in [4.78, 5) is 0. The summed E-state index contributed by atoms with van der Waals surface area (Å²) in [5.74, 6) is 0. The number of hydrogen-bond donors (Lipinski definition) is 2. The molecule has 0 aliphatic rings. The fraction of sp³-hybridized carbons (Fsp3) is 0.143. The molecule has 0 fully saturated rings. The first-order chi connectivity index (χ1) is 5.59. The minimum absolute atomic E-state index is 0.221. The Morgan fingerprint density at radius 1 is 1.42 bits per heavy atom. The quantitative estimate of drug-likeness (QED) is 0.641. The standard InChI is InChI=1S/C7H7BClIO2/c9-6-1-2-7(10)5(3-6)4-8(11)12/h1-3,11-12H,4H2. The highest BCUT2D eigenvalue weighted by Crippen LogP contribution is 2.18. The van der Waals surface area contributed by atoms with Crippen LogP contribution in [0, 0.1) is 3.57 Å². The minimum Gasteiger partial charge on any atom is -0.427 e. The van der Waals surface area contributed by atoms with Crippen LogP contribution in [0.2, 0.25) is 5.02 Å². The molecule has 2 N–H and O–H groups in total. The highest BCUT2D eigenvalue weighted by Gasteiger charge is 2.10. The number of halogens is 2. The summed E-state index contributed by atoms with van der Waals surface area (Å²) in [6.07, 6.45) is 0.221. The van der Waals surface area contributed by atoms with Crippen LogP contribution >= 0.6 is 34.2 Å². The average molecular weight is 296 g/mol. The molecule has 5 heteroatoms. The molecule has 0 radical (unpaired) electrons. The Kier molecular flexibility index (Phi) is 3.83. The first-order valence-corrected chi connectivity index (χ1v) is 4.85. The van der Waals surface area contributed by atoms with Crippen molar-refractivity contribution in [2.75, 3.05) is 0 Å². The van der Waals surface area contributed by atoms with Gasteiger partial charge in [0, 0.05) is 14.9 Å². The number of rotatable bonds is 2. The molecular formula is C7H7BClIO2. The van der Waals surface area contributed by atoms with Gasteiger partial charge in [0.2, 0.25) is 0 Å². The van der Waals surface area contributed by atoms with E-state index < -0.39 is 7.12 Å². The van der Waals surface area contributed by atoms with Gasteiger partial charge < -0.3 is 10.0 Å². The van der Waals surface area contributed by atoms with Crippen molar-refractivity contribution in [2.45, 2.75) is 6.32 Å². The van der Waals surface area contributed by atoms with Crippen LogP contribution < -0.4 is 0 Å². The summed E-state index contributed by atoms with van der Waals surface area (Å²) in [5.41, 5.74) is 0.859. The minimum atomic E-state index is -1.31. The number of benzene rings is 1. The smallest absolute Gasteiger partial charge is 0.427 e. The lowest BCUT2D eigenvalue weighted by molar-refractivity contribution is 0.405. The molecule has 0 heterocycles. The van der Waals surface area contributed by atoms with Gasteiger partial charge in [-0.3, -0.25) is 0 Å². The molecule has 0 aliphatic heterocycles. The lowest BCUT2D eigenvalue weighted by Crippen LogP contribution is -2.15. The second kappa shape index (κ2) is 4.46. The maximum Gasteiger partial charge on any atom is 0.456 e. The van der Waals surface area contributed by atoms with Gasteiger partial charge in [-0.1, -0.05) is 11.6 Å². The molecule has 0 unspecified atom stereocenters. The van der Waals surface area contributed by atoms with Crippen LogP contribution in [-0.2, 0) is 6.32 Å². The van der Waals surface area contributed by atoms with Gasteiger partial charge in [-0.15, -0.1) is 0 Å². The Morgan fingerprint density at radius 2 is 2.08 bits per heavy atom. The lowest BCUT2D eigenvalue weighted by atomic mass is 9.82. The Labute approximate surface area is 89.8 Å². The summed E-state index contributed by atoms with van der Waals surface area (Å²) >= 11 is 7.86. The van der Waals surface area contributed by atoms with Gasteiger partial charge in [0.1, 0.15) is 0 Å². The van der Waals surface area contributed by atoms with Gasteiger partial charge in [0.25, 0.3) is 0 Å². The molecular weight excluding hydrogens is 289 g/mol. The summed E-state index contributed by atoms with van der Waals surface area (Å²) in [5, 5.41) is 18.1. The molecule has 1 aromatic carbocycles. The van der Waals surface area contributed by atoms with Gasteiger partial charge >= 0.3 is 7.12 Å². The van der Waals surface area contributed by atoms with Crippen molar-refractivity contribution in [2.24, 2.45) is 0 Å². The van der Waals surface area contributed by atoms with Gasteiger partial charge in [-0.25, -0.2) is 0 Å². The van der Waals surface area contributed by atoms with E-state index >= 15 is 0 Å². The third-order valence-electron chi connectivity index (χ3n) is 1.41. The second-order valence-corrected chi connectivity index (χ2v) is 4.02. The van der Waals surface area contributed by atoms with Gasteiger partial charge in [0.15, 0.2) is 0 Å². The molecule has 0 atom stereocenters. The van der Waals surface area contributed by atoms with E-state index in [4.69, 9.17) is 21.6 Å². The van der Waals surface area contributed by atoms with E-state index in [1.807, 2.05) is 6.07 Å². The summed E-state index contributed by atoms with van der Waals surface area (Å²) in [7, 11) is -1.31. The molecule has 0 saturated heterocycles. The first kappa shape index (κ1) is 10.3. The SMILES string of the molecule is OB(O)Cc1cc(Cl)ccc1I. The highest BCUT2D eigenvalue weighted by atomic mass is 127. The van der Waals surface area contributed by atoms with Crippen LogP contribution in [0.4, 0.5) is 0 Å². The Morgan fingerprint density at radius 3 is 2.67 bits per heavy atom.